The molecule has 0 saturated heterocycles. The van der Waals surface area contributed by atoms with E-state index < -0.39 is 4.92 Å². The van der Waals surface area contributed by atoms with E-state index in [9.17, 15) is 14.9 Å². The number of hydrazone groups is 1. The summed E-state index contributed by atoms with van der Waals surface area (Å²) < 4.78 is 11.7. The molecular weight excluding hydrogens is 480 g/mol. The van der Waals surface area contributed by atoms with Crippen molar-refractivity contribution in [3.63, 3.8) is 0 Å². The van der Waals surface area contributed by atoms with Gasteiger partial charge in [-0.15, -0.1) is 0 Å². The molecule has 0 spiro atoms. The van der Waals surface area contributed by atoms with E-state index in [-0.39, 0.29) is 18.2 Å². The van der Waals surface area contributed by atoms with Crippen molar-refractivity contribution in [3.8, 4) is 11.5 Å². The summed E-state index contributed by atoms with van der Waals surface area (Å²) >= 11 is 3.45. The highest BCUT2D eigenvalue weighted by molar-refractivity contribution is 9.10. The number of amides is 1. The second-order valence-electron chi connectivity index (χ2n) is 6.40. The van der Waals surface area contributed by atoms with E-state index in [0.717, 1.165) is 0 Å². The average Bonchev–Trinajstić information content (AvgIpc) is 2.79. The van der Waals surface area contributed by atoms with Crippen LogP contribution in [-0.2, 0) is 4.79 Å². The van der Waals surface area contributed by atoms with Gasteiger partial charge >= 0.3 is 0 Å². The van der Waals surface area contributed by atoms with Gasteiger partial charge in [0.15, 0.2) is 18.1 Å². The zero-order valence-corrected chi connectivity index (χ0v) is 18.5. The molecule has 0 atom stereocenters. The Morgan fingerprint density at radius 3 is 2.47 bits per heavy atom. The normalized spacial score (nSPS) is 10.6. The molecular formula is C22H19BrN4O5. The molecule has 0 saturated carbocycles. The zero-order valence-electron chi connectivity index (χ0n) is 16.9. The van der Waals surface area contributed by atoms with Crippen molar-refractivity contribution < 1.29 is 19.2 Å². The molecule has 10 heteroatoms. The third-order valence-corrected chi connectivity index (χ3v) is 4.86. The molecule has 0 aliphatic rings. The lowest BCUT2D eigenvalue weighted by molar-refractivity contribution is -0.384. The number of hydrogen-bond acceptors (Lipinski definition) is 7. The smallest absolute Gasteiger partial charge is 0.269 e. The van der Waals surface area contributed by atoms with Gasteiger partial charge in [-0.3, -0.25) is 20.3 Å². The average molecular weight is 499 g/mol. The number of methoxy groups -OCH3 is 1. The highest BCUT2D eigenvalue weighted by Gasteiger charge is 2.12. The summed E-state index contributed by atoms with van der Waals surface area (Å²) in [6, 6.07) is 18.4. The molecule has 3 rings (SSSR count). The standard InChI is InChI=1S/C22H19BrN4O5/c1-31-20-11-15(13-24-26-17-7-9-18(10-8-17)27(29)30)19(23)12-21(20)32-14-22(28)25-16-5-3-2-4-6-16/h2-13,26H,14H2,1H3,(H,25,28). The minimum Gasteiger partial charge on any atom is -0.493 e. The Kier molecular flexibility index (Phi) is 7.76. The number of para-hydroxylation sites is 1. The summed E-state index contributed by atoms with van der Waals surface area (Å²) in [5.41, 5.74) is 4.77. The number of hydrogen-bond donors (Lipinski definition) is 2. The van der Waals surface area contributed by atoms with Crippen molar-refractivity contribution in [1.82, 2.24) is 0 Å². The van der Waals surface area contributed by atoms with Gasteiger partial charge in [0.1, 0.15) is 0 Å². The van der Waals surface area contributed by atoms with Crippen LogP contribution in [-0.4, -0.2) is 30.8 Å². The van der Waals surface area contributed by atoms with Crippen LogP contribution in [0.2, 0.25) is 0 Å². The molecule has 0 heterocycles. The van der Waals surface area contributed by atoms with Crippen LogP contribution in [0.4, 0.5) is 17.1 Å². The molecule has 0 bridgehead atoms. The number of rotatable bonds is 9. The van der Waals surface area contributed by atoms with E-state index in [4.69, 9.17) is 9.47 Å². The molecule has 3 aromatic rings. The van der Waals surface area contributed by atoms with Crippen LogP contribution in [0.5, 0.6) is 11.5 Å². The Morgan fingerprint density at radius 2 is 1.81 bits per heavy atom. The molecule has 0 radical (unpaired) electrons. The summed E-state index contributed by atoms with van der Waals surface area (Å²) in [6.07, 6.45) is 1.56. The van der Waals surface area contributed by atoms with Crippen molar-refractivity contribution in [2.24, 2.45) is 5.10 Å². The lowest BCUT2D eigenvalue weighted by Crippen LogP contribution is -2.20. The first-order valence-corrected chi connectivity index (χ1v) is 10.1. The lowest BCUT2D eigenvalue weighted by Gasteiger charge is -2.13. The van der Waals surface area contributed by atoms with Gasteiger partial charge in [0.2, 0.25) is 0 Å². The quantitative estimate of drug-likeness (QED) is 0.248. The molecule has 3 aromatic carbocycles. The lowest BCUT2D eigenvalue weighted by atomic mass is 10.2. The topological polar surface area (TPSA) is 115 Å². The van der Waals surface area contributed by atoms with E-state index in [2.05, 4.69) is 31.8 Å². The number of nitrogens with zero attached hydrogens (tertiary/aromatic N) is 2. The van der Waals surface area contributed by atoms with Crippen LogP contribution < -0.4 is 20.2 Å². The van der Waals surface area contributed by atoms with Crippen LogP contribution in [0, 0.1) is 10.1 Å². The number of non-ortho nitro benzene ring substituents is 1. The fraction of sp³-hybridized carbons (Fsp3) is 0.0909. The number of anilines is 2. The van der Waals surface area contributed by atoms with Crippen LogP contribution in [0.3, 0.4) is 0 Å². The molecule has 9 nitrogen and oxygen atoms in total. The minimum atomic E-state index is -0.467. The Hall–Kier alpha value is -3.92. The summed E-state index contributed by atoms with van der Waals surface area (Å²) in [7, 11) is 1.50. The number of benzene rings is 3. The fourth-order valence-corrected chi connectivity index (χ4v) is 3.04. The van der Waals surface area contributed by atoms with Crippen molar-refractivity contribution >= 4 is 45.1 Å². The Labute approximate surface area is 192 Å². The minimum absolute atomic E-state index is 0.0000456. The number of carbonyl (C=O) groups excluding carboxylic acids is 1. The number of ether oxygens (including phenoxy) is 2. The van der Waals surface area contributed by atoms with E-state index in [1.54, 1.807) is 42.6 Å². The molecule has 0 unspecified atom stereocenters. The summed E-state index contributed by atoms with van der Waals surface area (Å²) in [4.78, 5) is 22.4. The Bertz CT molecular complexity index is 1120. The van der Waals surface area contributed by atoms with Gasteiger partial charge < -0.3 is 14.8 Å². The van der Waals surface area contributed by atoms with Crippen molar-refractivity contribution in [2.45, 2.75) is 0 Å². The van der Waals surface area contributed by atoms with Crippen molar-refractivity contribution in [1.29, 1.82) is 0 Å². The molecule has 0 aromatic heterocycles. The van der Waals surface area contributed by atoms with Crippen molar-refractivity contribution in [2.75, 3.05) is 24.5 Å². The van der Waals surface area contributed by atoms with Crippen LogP contribution >= 0.6 is 15.9 Å². The first-order chi connectivity index (χ1) is 15.5. The molecule has 2 N–H and O–H groups in total. The highest BCUT2D eigenvalue weighted by atomic mass is 79.9. The predicted molar refractivity (Wildman–Crippen MR) is 126 cm³/mol. The van der Waals surface area contributed by atoms with E-state index >= 15 is 0 Å². The summed E-state index contributed by atoms with van der Waals surface area (Å²) in [6.45, 7) is -0.188. The largest absolute Gasteiger partial charge is 0.493 e. The van der Waals surface area contributed by atoms with Gasteiger partial charge in [-0.05, 0) is 52.3 Å². The second-order valence-corrected chi connectivity index (χ2v) is 7.26. The SMILES string of the molecule is COc1cc(C=NNc2ccc([N+](=O)[O-])cc2)c(Br)cc1OCC(=O)Nc1ccccc1. The van der Waals surface area contributed by atoms with Gasteiger partial charge in [0.05, 0.1) is 23.9 Å². The maximum atomic E-state index is 12.1. The van der Waals surface area contributed by atoms with Gasteiger partial charge in [0.25, 0.3) is 11.6 Å². The number of nitro benzene ring substituents is 1. The number of nitrogens with one attached hydrogen (secondary N) is 2. The Morgan fingerprint density at radius 1 is 1.09 bits per heavy atom. The van der Waals surface area contributed by atoms with Gasteiger partial charge in [-0.2, -0.15) is 5.10 Å². The zero-order chi connectivity index (χ0) is 22.9. The van der Waals surface area contributed by atoms with E-state index in [1.807, 2.05) is 18.2 Å². The number of halogens is 1. The van der Waals surface area contributed by atoms with Crippen molar-refractivity contribution in [3.05, 3.63) is 86.9 Å². The van der Waals surface area contributed by atoms with E-state index in [1.165, 1.54) is 19.2 Å². The first kappa shape index (κ1) is 22.8. The Balaban J connectivity index is 1.63. The number of nitro groups is 1. The van der Waals surface area contributed by atoms with E-state index in [0.29, 0.717) is 32.9 Å². The summed E-state index contributed by atoms with van der Waals surface area (Å²) in [5.74, 6) is 0.521. The number of carbonyl (C=O) groups is 1. The van der Waals surface area contributed by atoms with Gasteiger partial charge in [0, 0.05) is 27.9 Å². The third kappa shape index (κ3) is 6.29. The van der Waals surface area contributed by atoms with Crippen LogP contribution in [0.1, 0.15) is 5.56 Å². The summed E-state index contributed by atoms with van der Waals surface area (Å²) in [5, 5.41) is 17.6. The predicted octanol–water partition coefficient (Wildman–Crippen LogP) is 4.83. The van der Waals surface area contributed by atoms with Crippen LogP contribution in [0.25, 0.3) is 0 Å². The van der Waals surface area contributed by atoms with Gasteiger partial charge in [-0.1, -0.05) is 18.2 Å². The molecule has 32 heavy (non-hydrogen) atoms. The third-order valence-electron chi connectivity index (χ3n) is 4.17. The maximum Gasteiger partial charge on any atom is 0.269 e. The van der Waals surface area contributed by atoms with Crippen LogP contribution in [0.15, 0.2) is 76.3 Å². The molecule has 164 valence electrons. The molecule has 1 amide bonds. The fourth-order valence-electron chi connectivity index (χ4n) is 2.62. The highest BCUT2D eigenvalue weighted by Crippen LogP contribution is 2.33. The first-order valence-electron chi connectivity index (χ1n) is 9.35. The maximum absolute atomic E-state index is 12.1. The second kappa shape index (κ2) is 10.9. The monoisotopic (exact) mass is 498 g/mol. The molecule has 0 fully saturated rings. The van der Waals surface area contributed by atoms with Gasteiger partial charge in [-0.25, -0.2) is 0 Å². The molecule has 0 aliphatic carbocycles. The molecule has 0 aliphatic heterocycles.